The van der Waals surface area contributed by atoms with E-state index in [2.05, 4.69) is 21.7 Å². The maximum atomic E-state index is 14.5. The van der Waals surface area contributed by atoms with E-state index < -0.39 is 29.2 Å². The number of nitrogens with two attached hydrogens (primary N) is 3. The summed E-state index contributed by atoms with van der Waals surface area (Å²) in [4.78, 5) is 35.8. The molecule has 2 heterocycles. The number of ether oxygens (including phenoxy) is 2. The lowest BCUT2D eigenvalue weighted by Crippen LogP contribution is -2.39. The maximum absolute atomic E-state index is 14.5. The van der Waals surface area contributed by atoms with Gasteiger partial charge < -0.3 is 26.7 Å². The van der Waals surface area contributed by atoms with Gasteiger partial charge in [0.15, 0.2) is 5.84 Å². The number of halogens is 2. The summed E-state index contributed by atoms with van der Waals surface area (Å²) in [5.74, 6) is -2.46. The number of methoxy groups -OCH3 is 1. The average molecular weight is 703 g/mol. The first kappa shape index (κ1) is 38.0. The van der Waals surface area contributed by atoms with Gasteiger partial charge in [-0.15, -0.1) is 0 Å². The van der Waals surface area contributed by atoms with E-state index in [0.29, 0.717) is 28.8 Å². The topological polar surface area (TPSA) is 177 Å². The Hall–Kier alpha value is -5.79. The molecule has 1 amide bonds. The minimum Gasteiger partial charge on any atom is -0.459 e. The Balaban J connectivity index is 1.66. The largest absolute Gasteiger partial charge is 0.459 e. The van der Waals surface area contributed by atoms with Gasteiger partial charge in [-0.2, -0.15) is 5.10 Å². The van der Waals surface area contributed by atoms with E-state index in [1.165, 1.54) is 23.9 Å². The van der Waals surface area contributed by atoms with Crippen LogP contribution in [0.5, 0.6) is 0 Å². The first-order valence-corrected chi connectivity index (χ1v) is 16.2. The molecule has 0 aliphatic heterocycles. The summed E-state index contributed by atoms with van der Waals surface area (Å²) in [6, 6.07) is 14.5. The van der Waals surface area contributed by atoms with Crippen molar-refractivity contribution in [2.45, 2.75) is 65.5 Å². The van der Waals surface area contributed by atoms with Crippen LogP contribution < -0.4 is 17.2 Å². The number of benzene rings is 2. The molecule has 1 unspecified atom stereocenters. The second-order valence-electron chi connectivity index (χ2n) is 13.4. The summed E-state index contributed by atoms with van der Waals surface area (Å²) < 4.78 is 40.8. The summed E-state index contributed by atoms with van der Waals surface area (Å²) in [6.07, 6.45) is 0.806. The van der Waals surface area contributed by atoms with Crippen molar-refractivity contribution in [2.24, 2.45) is 28.1 Å². The first-order valence-electron chi connectivity index (χ1n) is 16.2. The predicted octanol–water partition coefficient (Wildman–Crippen LogP) is 5.91. The van der Waals surface area contributed by atoms with Crippen LogP contribution in [-0.2, 0) is 27.2 Å². The number of amides is 1. The maximum Gasteiger partial charge on any atom is 0.414 e. The summed E-state index contributed by atoms with van der Waals surface area (Å²) in [5.41, 5.74) is 20.3. The third kappa shape index (κ3) is 9.47. The fourth-order valence-corrected chi connectivity index (χ4v) is 5.45. The SMILES string of the molecule is C=C(N=C(N)C(=C(N)N)N(Cc1ccc(C(CC(C)C)C(=O)OC(C)(C)C)cc1)C(=O)OC)n1nc(Cc2ccccc2F)c2ncc(F)cc21. The quantitative estimate of drug-likeness (QED) is 0.0920. The zero-order valence-electron chi connectivity index (χ0n) is 29.6. The van der Waals surface area contributed by atoms with Gasteiger partial charge in [0, 0.05) is 12.5 Å². The number of fused-ring (bicyclic) bond motifs is 1. The van der Waals surface area contributed by atoms with Crippen molar-refractivity contribution in [3.05, 3.63) is 113 Å². The standard InChI is InChI=1S/C37H44F2N8O4/c1-21(2)16-27(35(48)51-37(4,5)6)24-14-12-23(13-15-24)20-46(36(49)50-7)32(33(40)41)34(42)44-22(3)47-30-18-26(38)19-43-31(30)29(45-47)17-25-10-8-9-11-28(25)39/h8-15,18-19,21,27H,3,16-17,20,40-41H2,1-2,4-7H3,(H2,42,44). The van der Waals surface area contributed by atoms with Crippen LogP contribution >= 0.6 is 0 Å². The summed E-state index contributed by atoms with van der Waals surface area (Å²) in [7, 11) is 1.18. The minimum atomic E-state index is -0.847. The van der Waals surface area contributed by atoms with E-state index in [4.69, 9.17) is 26.7 Å². The van der Waals surface area contributed by atoms with Gasteiger partial charge >= 0.3 is 12.1 Å². The van der Waals surface area contributed by atoms with Crippen molar-refractivity contribution < 1.29 is 27.8 Å². The van der Waals surface area contributed by atoms with Crippen LogP contribution in [0.1, 0.15) is 69.3 Å². The molecule has 0 spiro atoms. The van der Waals surface area contributed by atoms with Crippen molar-refractivity contribution in [2.75, 3.05) is 7.11 Å². The highest BCUT2D eigenvalue weighted by Crippen LogP contribution is 2.29. The number of aromatic nitrogens is 3. The van der Waals surface area contributed by atoms with E-state index in [9.17, 15) is 18.4 Å². The van der Waals surface area contributed by atoms with Gasteiger partial charge in [0.05, 0.1) is 37.0 Å². The number of nitrogens with zero attached hydrogens (tertiary/aromatic N) is 5. The van der Waals surface area contributed by atoms with E-state index in [0.717, 1.165) is 16.7 Å². The molecule has 4 aromatic rings. The first-order chi connectivity index (χ1) is 24.0. The molecule has 0 radical (unpaired) electrons. The molecule has 0 bridgehead atoms. The van der Waals surface area contributed by atoms with Crippen LogP contribution in [-0.4, -0.2) is 50.3 Å². The summed E-state index contributed by atoms with van der Waals surface area (Å²) in [6.45, 7) is 13.4. The average Bonchev–Trinajstić information content (AvgIpc) is 3.40. The number of esters is 1. The molecule has 2 aromatic carbocycles. The molecule has 1 atom stereocenters. The van der Waals surface area contributed by atoms with Crippen molar-refractivity contribution in [3.8, 4) is 0 Å². The van der Waals surface area contributed by atoms with Crippen LogP contribution in [0.2, 0.25) is 0 Å². The molecule has 12 nitrogen and oxygen atoms in total. The number of hydrogen-bond donors (Lipinski definition) is 3. The molecule has 51 heavy (non-hydrogen) atoms. The van der Waals surface area contributed by atoms with Gasteiger partial charge in [0.2, 0.25) is 0 Å². The second-order valence-corrected chi connectivity index (χ2v) is 13.4. The van der Waals surface area contributed by atoms with Gasteiger partial charge in [0.1, 0.15) is 40.1 Å². The van der Waals surface area contributed by atoms with Crippen molar-refractivity contribution in [1.29, 1.82) is 0 Å². The normalized spacial score (nSPS) is 12.5. The van der Waals surface area contributed by atoms with Gasteiger partial charge in [-0.05, 0) is 55.9 Å². The monoisotopic (exact) mass is 702 g/mol. The Labute approximate surface area is 295 Å². The number of carbonyl (C=O) groups is 2. The fourth-order valence-electron chi connectivity index (χ4n) is 5.45. The Bertz CT molecular complexity index is 1980. The number of amidine groups is 1. The smallest absolute Gasteiger partial charge is 0.414 e. The Morgan fingerprint density at radius 2 is 1.73 bits per heavy atom. The highest BCUT2D eigenvalue weighted by molar-refractivity contribution is 6.02. The van der Waals surface area contributed by atoms with Crippen LogP contribution in [0, 0.1) is 17.6 Å². The molecule has 6 N–H and O–H groups in total. The van der Waals surface area contributed by atoms with Crippen LogP contribution in [0.25, 0.3) is 16.9 Å². The lowest BCUT2D eigenvalue weighted by molar-refractivity contribution is -0.157. The zero-order chi connectivity index (χ0) is 37.6. The number of hydrogen-bond acceptors (Lipinski definition) is 9. The third-order valence-electron chi connectivity index (χ3n) is 7.67. The zero-order valence-corrected chi connectivity index (χ0v) is 29.6. The van der Waals surface area contributed by atoms with Crippen LogP contribution in [0.3, 0.4) is 0 Å². The Morgan fingerprint density at radius 1 is 1.06 bits per heavy atom. The van der Waals surface area contributed by atoms with Crippen LogP contribution in [0.4, 0.5) is 13.6 Å². The lowest BCUT2D eigenvalue weighted by atomic mass is 9.89. The molecular weight excluding hydrogens is 658 g/mol. The van der Waals surface area contributed by atoms with E-state index in [1.54, 1.807) is 42.5 Å². The molecule has 2 aromatic heterocycles. The number of aliphatic imine (C=N–C) groups is 1. The second kappa shape index (κ2) is 15.8. The number of rotatable bonds is 12. The molecule has 270 valence electrons. The van der Waals surface area contributed by atoms with Gasteiger partial charge in [-0.1, -0.05) is 62.9 Å². The van der Waals surface area contributed by atoms with E-state index >= 15 is 0 Å². The van der Waals surface area contributed by atoms with Gasteiger partial charge in [-0.3, -0.25) is 9.69 Å². The van der Waals surface area contributed by atoms with Crippen LogP contribution in [0.15, 0.2) is 83.9 Å². The molecule has 4 rings (SSSR count). The van der Waals surface area contributed by atoms with Crippen molar-refractivity contribution in [1.82, 2.24) is 19.7 Å². The highest BCUT2D eigenvalue weighted by atomic mass is 19.1. The Kier molecular flexibility index (Phi) is 11.8. The van der Waals surface area contributed by atoms with E-state index in [1.807, 2.05) is 34.6 Å². The van der Waals surface area contributed by atoms with Gasteiger partial charge in [-0.25, -0.2) is 28.2 Å². The fraction of sp³-hybridized carbons (Fsp3) is 0.324. The number of carbonyl (C=O) groups excluding carboxylic acids is 2. The molecule has 0 aliphatic rings. The molecule has 14 heteroatoms. The number of pyridine rings is 1. The third-order valence-corrected chi connectivity index (χ3v) is 7.67. The molecular formula is C37H44F2N8O4. The summed E-state index contributed by atoms with van der Waals surface area (Å²) in [5, 5.41) is 4.50. The molecule has 0 saturated carbocycles. The molecule has 0 aliphatic carbocycles. The Morgan fingerprint density at radius 3 is 2.31 bits per heavy atom. The minimum absolute atomic E-state index is 0.0487. The summed E-state index contributed by atoms with van der Waals surface area (Å²) >= 11 is 0. The predicted molar refractivity (Wildman–Crippen MR) is 191 cm³/mol. The molecule has 0 fully saturated rings. The van der Waals surface area contributed by atoms with Crippen molar-refractivity contribution >= 4 is 34.8 Å². The highest BCUT2D eigenvalue weighted by Gasteiger charge is 2.29. The van der Waals surface area contributed by atoms with Gasteiger partial charge in [0.25, 0.3) is 0 Å². The molecule has 0 saturated heterocycles. The van der Waals surface area contributed by atoms with Crippen molar-refractivity contribution in [3.63, 3.8) is 0 Å². The van der Waals surface area contributed by atoms with E-state index in [-0.39, 0.29) is 53.5 Å². The lowest BCUT2D eigenvalue weighted by Gasteiger charge is -2.26.